The summed E-state index contributed by atoms with van der Waals surface area (Å²) in [4.78, 5) is 19.3. The first-order valence-electron chi connectivity index (χ1n) is 6.57. The van der Waals surface area contributed by atoms with Gasteiger partial charge in [0.15, 0.2) is 5.13 Å². The highest BCUT2D eigenvalue weighted by Crippen LogP contribution is 2.23. The lowest BCUT2D eigenvalue weighted by Crippen LogP contribution is -2.36. The Bertz CT molecular complexity index is 592. The van der Waals surface area contributed by atoms with Gasteiger partial charge in [0.25, 0.3) is 5.91 Å². The van der Waals surface area contributed by atoms with E-state index in [1.165, 1.54) is 11.3 Å². The average Bonchev–Trinajstić information content (AvgIpc) is 2.75. The molecular weight excluding hydrogens is 270 g/mol. The summed E-state index contributed by atoms with van der Waals surface area (Å²) in [6.07, 6.45) is 0. The van der Waals surface area contributed by atoms with Crippen molar-refractivity contribution in [3.8, 4) is 0 Å². The molecule has 0 radical (unpaired) electrons. The van der Waals surface area contributed by atoms with Gasteiger partial charge in [-0.3, -0.25) is 4.79 Å². The number of aryl methyl sites for hydroxylation is 1. The van der Waals surface area contributed by atoms with Crippen LogP contribution < -0.4 is 5.73 Å². The topological polar surface area (TPSA) is 59.2 Å². The molecule has 0 aliphatic rings. The fraction of sp³-hybridized carbons (Fsp3) is 0.333. The van der Waals surface area contributed by atoms with Gasteiger partial charge in [-0.25, -0.2) is 4.98 Å². The maximum Gasteiger partial charge on any atom is 0.266 e. The van der Waals surface area contributed by atoms with Gasteiger partial charge >= 0.3 is 0 Å². The Morgan fingerprint density at radius 1 is 1.35 bits per heavy atom. The lowest BCUT2D eigenvalue weighted by atomic mass is 10.2. The minimum absolute atomic E-state index is 0.00412. The second-order valence-electron chi connectivity index (χ2n) is 4.98. The van der Waals surface area contributed by atoms with E-state index in [2.05, 4.69) is 4.98 Å². The third-order valence-electron chi connectivity index (χ3n) is 3.09. The summed E-state index contributed by atoms with van der Waals surface area (Å²) in [7, 11) is 0. The first kappa shape index (κ1) is 14.5. The molecule has 1 aromatic carbocycles. The van der Waals surface area contributed by atoms with E-state index < -0.39 is 0 Å². The monoisotopic (exact) mass is 289 g/mol. The molecule has 2 aromatic rings. The van der Waals surface area contributed by atoms with E-state index in [9.17, 15) is 4.79 Å². The Labute approximate surface area is 123 Å². The summed E-state index contributed by atoms with van der Waals surface area (Å²) in [6, 6.07) is 10.1. The number of carbonyl (C=O) groups is 1. The molecule has 0 saturated heterocycles. The third kappa shape index (κ3) is 3.17. The van der Waals surface area contributed by atoms with Crippen molar-refractivity contribution in [1.82, 2.24) is 9.88 Å². The van der Waals surface area contributed by atoms with Gasteiger partial charge in [-0.05, 0) is 26.3 Å². The fourth-order valence-corrected chi connectivity index (χ4v) is 2.80. The molecule has 1 amide bonds. The number of anilines is 1. The molecular formula is C15H19N3OS. The molecule has 4 nitrogen and oxygen atoms in total. The van der Waals surface area contributed by atoms with Crippen LogP contribution in [0.4, 0.5) is 5.13 Å². The molecule has 0 saturated carbocycles. The van der Waals surface area contributed by atoms with Crippen molar-refractivity contribution in [1.29, 1.82) is 0 Å². The molecule has 0 spiro atoms. The van der Waals surface area contributed by atoms with E-state index in [4.69, 9.17) is 5.73 Å². The minimum Gasteiger partial charge on any atom is -0.375 e. The van der Waals surface area contributed by atoms with Gasteiger partial charge in [0.05, 0.1) is 5.69 Å². The van der Waals surface area contributed by atoms with Crippen LogP contribution >= 0.6 is 11.3 Å². The molecule has 1 heterocycles. The van der Waals surface area contributed by atoms with Crippen LogP contribution in [0.2, 0.25) is 0 Å². The highest BCUT2D eigenvalue weighted by Gasteiger charge is 2.23. The number of benzene rings is 1. The van der Waals surface area contributed by atoms with Crippen LogP contribution in [0.25, 0.3) is 0 Å². The number of hydrogen-bond donors (Lipinski definition) is 1. The van der Waals surface area contributed by atoms with Crippen LogP contribution in [0.15, 0.2) is 30.3 Å². The van der Waals surface area contributed by atoms with Crippen molar-refractivity contribution in [2.45, 2.75) is 33.4 Å². The molecule has 0 fully saturated rings. The van der Waals surface area contributed by atoms with Gasteiger partial charge in [-0.15, -0.1) is 0 Å². The fourth-order valence-electron chi connectivity index (χ4n) is 2.02. The molecule has 0 bridgehead atoms. The number of aromatic nitrogens is 1. The van der Waals surface area contributed by atoms with Crippen molar-refractivity contribution in [3.63, 3.8) is 0 Å². The number of rotatable bonds is 4. The van der Waals surface area contributed by atoms with Gasteiger partial charge < -0.3 is 10.6 Å². The quantitative estimate of drug-likeness (QED) is 0.941. The number of nitrogens with zero attached hydrogens (tertiary/aromatic N) is 2. The molecule has 5 heteroatoms. The van der Waals surface area contributed by atoms with Crippen LogP contribution in [-0.4, -0.2) is 21.8 Å². The molecule has 2 N–H and O–H groups in total. The van der Waals surface area contributed by atoms with Gasteiger partial charge in [-0.2, -0.15) is 0 Å². The predicted molar refractivity (Wildman–Crippen MR) is 82.7 cm³/mol. The normalized spacial score (nSPS) is 10.8. The first-order chi connectivity index (χ1) is 9.49. The lowest BCUT2D eigenvalue weighted by molar-refractivity contribution is 0.0694. The van der Waals surface area contributed by atoms with Crippen LogP contribution in [0.5, 0.6) is 0 Å². The molecule has 0 aliphatic carbocycles. The Morgan fingerprint density at radius 2 is 2.00 bits per heavy atom. The van der Waals surface area contributed by atoms with Crippen molar-refractivity contribution in [2.75, 3.05) is 5.73 Å². The number of hydrogen-bond acceptors (Lipinski definition) is 4. The van der Waals surface area contributed by atoms with Crippen molar-refractivity contribution >= 4 is 22.4 Å². The highest BCUT2D eigenvalue weighted by molar-refractivity contribution is 7.17. The summed E-state index contributed by atoms with van der Waals surface area (Å²) in [6.45, 7) is 6.44. The summed E-state index contributed by atoms with van der Waals surface area (Å²) >= 11 is 1.25. The summed E-state index contributed by atoms with van der Waals surface area (Å²) < 4.78 is 0. The van der Waals surface area contributed by atoms with Gasteiger partial charge in [0.1, 0.15) is 4.88 Å². The Morgan fingerprint density at radius 3 is 2.50 bits per heavy atom. The van der Waals surface area contributed by atoms with Crippen LogP contribution in [-0.2, 0) is 6.54 Å². The zero-order valence-electron chi connectivity index (χ0n) is 12.0. The molecule has 0 unspecified atom stereocenters. The van der Waals surface area contributed by atoms with E-state index in [1.54, 1.807) is 0 Å². The smallest absolute Gasteiger partial charge is 0.266 e. The molecule has 20 heavy (non-hydrogen) atoms. The summed E-state index contributed by atoms with van der Waals surface area (Å²) in [5.74, 6) is -0.00412. The molecule has 0 aliphatic heterocycles. The zero-order valence-corrected chi connectivity index (χ0v) is 12.8. The van der Waals surface area contributed by atoms with E-state index in [-0.39, 0.29) is 11.9 Å². The van der Waals surface area contributed by atoms with E-state index in [0.717, 1.165) is 5.56 Å². The second-order valence-corrected chi connectivity index (χ2v) is 6.01. The van der Waals surface area contributed by atoms with Crippen molar-refractivity contribution in [3.05, 3.63) is 46.5 Å². The van der Waals surface area contributed by atoms with Crippen molar-refractivity contribution in [2.24, 2.45) is 0 Å². The number of nitrogens with two attached hydrogens (primary N) is 1. The first-order valence-corrected chi connectivity index (χ1v) is 7.38. The van der Waals surface area contributed by atoms with E-state index >= 15 is 0 Å². The summed E-state index contributed by atoms with van der Waals surface area (Å²) in [5, 5.41) is 0.439. The number of nitrogen functional groups attached to an aromatic ring is 1. The zero-order chi connectivity index (χ0) is 14.7. The number of amides is 1. The average molecular weight is 289 g/mol. The largest absolute Gasteiger partial charge is 0.375 e. The van der Waals surface area contributed by atoms with E-state index in [1.807, 2.05) is 56.0 Å². The Kier molecular flexibility index (Phi) is 4.39. The maximum absolute atomic E-state index is 12.7. The number of carbonyl (C=O) groups excluding carboxylic acids is 1. The van der Waals surface area contributed by atoms with Gasteiger partial charge in [0, 0.05) is 12.6 Å². The predicted octanol–water partition coefficient (Wildman–Crippen LogP) is 3.08. The SMILES string of the molecule is Cc1nc(N)sc1C(=O)N(Cc1ccccc1)C(C)C. The number of thiazole rings is 1. The molecule has 0 atom stereocenters. The standard InChI is InChI=1S/C15H19N3OS/c1-10(2)18(9-12-7-5-4-6-8-12)14(19)13-11(3)17-15(16)20-13/h4-8,10H,9H2,1-3H3,(H2,16,17). The minimum atomic E-state index is -0.00412. The van der Waals surface area contributed by atoms with Gasteiger partial charge in [-0.1, -0.05) is 41.7 Å². The third-order valence-corrected chi connectivity index (χ3v) is 4.06. The second kappa shape index (κ2) is 6.05. The Hall–Kier alpha value is -1.88. The van der Waals surface area contributed by atoms with Gasteiger partial charge in [0.2, 0.25) is 0 Å². The lowest BCUT2D eigenvalue weighted by Gasteiger charge is -2.26. The molecule has 106 valence electrons. The van der Waals surface area contributed by atoms with Crippen LogP contribution in [0.1, 0.15) is 34.8 Å². The van der Waals surface area contributed by atoms with Crippen molar-refractivity contribution < 1.29 is 4.79 Å². The van der Waals surface area contributed by atoms with E-state index in [0.29, 0.717) is 22.2 Å². The van der Waals surface area contributed by atoms with Crippen LogP contribution in [0, 0.1) is 6.92 Å². The Balaban J connectivity index is 2.25. The van der Waals surface area contributed by atoms with Crippen LogP contribution in [0.3, 0.4) is 0 Å². The summed E-state index contributed by atoms with van der Waals surface area (Å²) in [5.41, 5.74) is 7.50. The molecule has 1 aromatic heterocycles. The maximum atomic E-state index is 12.7. The molecule has 2 rings (SSSR count). The highest BCUT2D eigenvalue weighted by atomic mass is 32.1.